The Labute approximate surface area is 78.6 Å². The molecule has 14 heavy (non-hydrogen) atoms. The molecule has 0 aliphatic heterocycles. The molecule has 2 N–H and O–H groups in total. The third-order valence-electron chi connectivity index (χ3n) is 1.56. The fourth-order valence-electron chi connectivity index (χ4n) is 0.997. The van der Waals surface area contributed by atoms with E-state index >= 15 is 0 Å². The topological polar surface area (TPSA) is 88.2 Å². The quantitative estimate of drug-likeness (QED) is 0.746. The van der Waals surface area contributed by atoms with Crippen molar-refractivity contribution in [2.24, 2.45) is 0 Å². The van der Waals surface area contributed by atoms with Crippen LogP contribution < -0.4 is 5.32 Å². The fourth-order valence-corrected chi connectivity index (χ4v) is 0.997. The van der Waals surface area contributed by atoms with Gasteiger partial charge in [-0.05, 0) is 12.1 Å². The van der Waals surface area contributed by atoms with Gasteiger partial charge in [-0.1, -0.05) is 0 Å². The van der Waals surface area contributed by atoms with Crippen molar-refractivity contribution in [2.45, 2.75) is 0 Å². The van der Waals surface area contributed by atoms with E-state index in [2.05, 4.69) is 15.3 Å². The Kier molecular flexibility index (Phi) is 2.02. The Balaban J connectivity index is 2.22. The largest absolute Gasteiger partial charge is 0.480 e. The summed E-state index contributed by atoms with van der Waals surface area (Å²) in [4.78, 5) is 18.1. The van der Waals surface area contributed by atoms with Crippen molar-refractivity contribution in [1.82, 2.24) is 9.97 Å². The highest BCUT2D eigenvalue weighted by atomic mass is 16.4. The Morgan fingerprint density at radius 2 is 2.50 bits per heavy atom. The molecule has 0 fully saturated rings. The molecule has 0 saturated heterocycles. The van der Waals surface area contributed by atoms with Crippen molar-refractivity contribution >= 4 is 23.2 Å². The highest BCUT2D eigenvalue weighted by Crippen LogP contribution is 2.14. The third-order valence-corrected chi connectivity index (χ3v) is 1.56. The van der Waals surface area contributed by atoms with Crippen molar-refractivity contribution in [2.75, 3.05) is 11.9 Å². The number of carboxylic acids is 1. The minimum atomic E-state index is -0.972. The molecule has 0 atom stereocenters. The molecule has 0 radical (unpaired) electrons. The van der Waals surface area contributed by atoms with Gasteiger partial charge in [0.15, 0.2) is 0 Å². The number of nitrogens with one attached hydrogen (secondary N) is 1. The lowest BCUT2D eigenvalue weighted by Gasteiger charge is -1.93. The van der Waals surface area contributed by atoms with Crippen LogP contribution >= 0.6 is 0 Å². The number of hydrogen-bond acceptors (Lipinski definition) is 5. The second kappa shape index (κ2) is 3.33. The maximum absolute atomic E-state index is 10.2. The highest BCUT2D eigenvalue weighted by Gasteiger charge is 2.06. The van der Waals surface area contributed by atoms with Crippen molar-refractivity contribution < 1.29 is 14.3 Å². The van der Waals surface area contributed by atoms with Crippen molar-refractivity contribution in [3.63, 3.8) is 0 Å². The zero-order valence-corrected chi connectivity index (χ0v) is 7.10. The molecule has 6 heteroatoms. The van der Waals surface area contributed by atoms with Gasteiger partial charge in [0, 0.05) is 6.20 Å². The van der Waals surface area contributed by atoms with E-state index < -0.39 is 5.97 Å². The summed E-state index contributed by atoms with van der Waals surface area (Å²) < 4.78 is 5.12. The lowest BCUT2D eigenvalue weighted by Crippen LogP contribution is -2.12. The second-order valence-corrected chi connectivity index (χ2v) is 2.59. The van der Waals surface area contributed by atoms with Gasteiger partial charge in [-0.2, -0.15) is 4.98 Å². The molecule has 0 aliphatic rings. The molecule has 0 bridgehead atoms. The van der Waals surface area contributed by atoms with E-state index in [4.69, 9.17) is 9.52 Å². The van der Waals surface area contributed by atoms with Gasteiger partial charge in [0.2, 0.25) is 5.71 Å². The normalized spacial score (nSPS) is 10.3. The third kappa shape index (κ3) is 1.63. The van der Waals surface area contributed by atoms with Gasteiger partial charge in [0.05, 0.1) is 0 Å². The van der Waals surface area contributed by atoms with Crippen LogP contribution in [0.2, 0.25) is 0 Å². The maximum Gasteiger partial charge on any atom is 0.323 e. The molecule has 2 heterocycles. The van der Waals surface area contributed by atoms with Crippen LogP contribution in [0.4, 0.5) is 6.01 Å². The molecule has 6 nitrogen and oxygen atoms in total. The van der Waals surface area contributed by atoms with Crippen LogP contribution in [0.5, 0.6) is 0 Å². The maximum atomic E-state index is 10.2. The molecular weight excluding hydrogens is 186 g/mol. The number of hydrogen-bond donors (Lipinski definition) is 2. The van der Waals surface area contributed by atoms with Gasteiger partial charge in [-0.15, -0.1) is 0 Å². The number of oxazole rings is 1. The predicted octanol–water partition coefficient (Wildman–Crippen LogP) is 0.719. The zero-order chi connectivity index (χ0) is 9.97. The summed E-state index contributed by atoms with van der Waals surface area (Å²) in [6, 6.07) is 3.63. The molecular formula is C8H7N3O3. The molecule has 72 valence electrons. The van der Waals surface area contributed by atoms with Gasteiger partial charge in [-0.25, -0.2) is 4.98 Å². The van der Waals surface area contributed by atoms with Crippen LogP contribution in [0.15, 0.2) is 22.7 Å². The summed E-state index contributed by atoms with van der Waals surface area (Å²) in [5.74, 6) is -0.972. The number of carbonyl (C=O) groups is 1. The summed E-state index contributed by atoms with van der Waals surface area (Å²) in [5.41, 5.74) is 0.987. The molecule has 0 amide bonds. The van der Waals surface area contributed by atoms with Gasteiger partial charge in [-0.3, -0.25) is 4.79 Å². The minimum Gasteiger partial charge on any atom is -0.480 e. The molecule has 2 aromatic heterocycles. The summed E-state index contributed by atoms with van der Waals surface area (Å²) >= 11 is 0. The molecule has 2 aromatic rings. The van der Waals surface area contributed by atoms with Gasteiger partial charge >= 0.3 is 5.97 Å². The van der Waals surface area contributed by atoms with Crippen LogP contribution in [0, 0.1) is 0 Å². The monoisotopic (exact) mass is 193 g/mol. The van der Waals surface area contributed by atoms with Crippen LogP contribution in [-0.2, 0) is 4.79 Å². The second-order valence-electron chi connectivity index (χ2n) is 2.59. The van der Waals surface area contributed by atoms with E-state index in [0.717, 1.165) is 0 Å². The van der Waals surface area contributed by atoms with E-state index in [9.17, 15) is 4.79 Å². The minimum absolute atomic E-state index is 0.168. The lowest BCUT2D eigenvalue weighted by atomic mass is 10.5. The standard InChI is InChI=1S/C8H7N3O3/c12-6(13)4-10-8-11-5-2-1-3-9-7(5)14-8/h1-3H,4H2,(H,10,11)(H,12,13). The number of aliphatic carboxylic acids is 1. The molecule has 0 aromatic carbocycles. The number of aromatic nitrogens is 2. The van der Waals surface area contributed by atoms with Crippen LogP contribution in [0.3, 0.4) is 0 Å². The smallest absolute Gasteiger partial charge is 0.323 e. The molecule has 0 spiro atoms. The van der Waals surface area contributed by atoms with Crippen molar-refractivity contribution in [3.8, 4) is 0 Å². The molecule has 0 saturated carbocycles. The predicted molar refractivity (Wildman–Crippen MR) is 47.9 cm³/mol. The Morgan fingerprint density at radius 1 is 1.64 bits per heavy atom. The number of carboxylic acid groups (broad SMARTS) is 1. The number of rotatable bonds is 3. The number of nitrogens with zero attached hydrogens (tertiary/aromatic N) is 2. The number of anilines is 1. The van der Waals surface area contributed by atoms with E-state index in [0.29, 0.717) is 11.2 Å². The lowest BCUT2D eigenvalue weighted by molar-refractivity contribution is -0.134. The van der Waals surface area contributed by atoms with Crippen molar-refractivity contribution in [3.05, 3.63) is 18.3 Å². The molecule has 2 rings (SSSR count). The molecule has 0 aliphatic carbocycles. The summed E-state index contributed by atoms with van der Waals surface area (Å²) in [5, 5.41) is 10.9. The number of fused-ring (bicyclic) bond motifs is 1. The van der Waals surface area contributed by atoms with Gasteiger partial charge < -0.3 is 14.8 Å². The van der Waals surface area contributed by atoms with E-state index in [1.54, 1.807) is 18.3 Å². The highest BCUT2D eigenvalue weighted by molar-refractivity contribution is 5.73. The molecule has 0 unspecified atom stereocenters. The first-order valence-electron chi connectivity index (χ1n) is 3.93. The van der Waals surface area contributed by atoms with Crippen molar-refractivity contribution in [1.29, 1.82) is 0 Å². The first-order chi connectivity index (χ1) is 6.75. The Morgan fingerprint density at radius 3 is 3.21 bits per heavy atom. The van der Waals surface area contributed by atoms with E-state index in [1.807, 2.05) is 0 Å². The van der Waals surface area contributed by atoms with E-state index in [1.165, 1.54) is 0 Å². The summed E-state index contributed by atoms with van der Waals surface area (Å²) in [7, 11) is 0. The summed E-state index contributed by atoms with van der Waals surface area (Å²) in [6.45, 7) is -0.229. The SMILES string of the molecule is O=C(O)CNc1nc2cccnc2o1. The average molecular weight is 193 g/mol. The Bertz CT molecular complexity index is 433. The van der Waals surface area contributed by atoms with Gasteiger partial charge in [0.25, 0.3) is 6.01 Å². The first kappa shape index (κ1) is 8.49. The van der Waals surface area contributed by atoms with Crippen LogP contribution in [0.1, 0.15) is 0 Å². The van der Waals surface area contributed by atoms with E-state index in [-0.39, 0.29) is 12.6 Å². The Hall–Kier alpha value is -2.11. The van der Waals surface area contributed by atoms with Gasteiger partial charge in [0.1, 0.15) is 12.1 Å². The average Bonchev–Trinajstić information content (AvgIpc) is 2.57. The summed E-state index contributed by atoms with van der Waals surface area (Å²) in [6.07, 6.45) is 1.58. The zero-order valence-electron chi connectivity index (χ0n) is 7.10. The van der Waals surface area contributed by atoms with Crippen LogP contribution in [-0.4, -0.2) is 27.6 Å². The fraction of sp³-hybridized carbons (Fsp3) is 0.125. The number of pyridine rings is 1. The van der Waals surface area contributed by atoms with Crippen LogP contribution in [0.25, 0.3) is 11.2 Å². The first-order valence-corrected chi connectivity index (χ1v) is 3.93.